The molecule has 0 saturated carbocycles. The minimum Gasteiger partial charge on any atom is -0.336 e. The molecule has 2 amide bonds. The highest BCUT2D eigenvalue weighted by atomic mass is 16.2. The molecular formula is C18H19N7O2. The summed E-state index contributed by atoms with van der Waals surface area (Å²) >= 11 is 0. The van der Waals surface area contributed by atoms with Gasteiger partial charge in [-0.2, -0.15) is 4.52 Å². The van der Waals surface area contributed by atoms with Crippen LogP contribution in [0.2, 0.25) is 0 Å². The second-order valence-corrected chi connectivity index (χ2v) is 6.53. The number of carbonyl (C=O) groups excluding carboxylic acids is 2. The molecule has 0 unspecified atom stereocenters. The first kappa shape index (κ1) is 17.1. The summed E-state index contributed by atoms with van der Waals surface area (Å²) in [6, 6.07) is 10.3. The number of nitrogens with one attached hydrogen (secondary N) is 1. The van der Waals surface area contributed by atoms with Crippen molar-refractivity contribution in [1.29, 1.82) is 0 Å². The topological polar surface area (TPSA) is 95.7 Å². The first-order valence-corrected chi connectivity index (χ1v) is 8.67. The van der Waals surface area contributed by atoms with E-state index in [0.717, 1.165) is 26.2 Å². The number of benzene rings is 1. The smallest absolute Gasteiger partial charge is 0.257 e. The summed E-state index contributed by atoms with van der Waals surface area (Å²) in [6.45, 7) is 3.22. The Labute approximate surface area is 155 Å². The lowest BCUT2D eigenvalue weighted by atomic mass is 10.1. The third-order valence-corrected chi connectivity index (χ3v) is 4.63. The molecule has 3 aromatic rings. The Morgan fingerprint density at radius 1 is 0.963 bits per heavy atom. The summed E-state index contributed by atoms with van der Waals surface area (Å²) in [6.07, 6.45) is 1.57. The van der Waals surface area contributed by atoms with Gasteiger partial charge >= 0.3 is 0 Å². The number of anilines is 1. The molecule has 4 rings (SSSR count). The highest BCUT2D eigenvalue weighted by Gasteiger charge is 2.20. The third kappa shape index (κ3) is 3.63. The molecule has 1 aliphatic rings. The standard InChI is InChI=1S/C18H19N7O2/c1-23-8-10-24(11-9-23)18(27)13-2-5-15(6-3-13)19-17(26)14-4-7-16-20-21-22-25(16)12-14/h2-7,12H,8-11H2,1H3,(H,19,26). The van der Waals surface area contributed by atoms with E-state index in [1.54, 1.807) is 42.6 Å². The Balaban J connectivity index is 1.42. The lowest BCUT2D eigenvalue weighted by Crippen LogP contribution is -2.47. The number of aromatic nitrogens is 4. The Hall–Kier alpha value is -3.33. The number of pyridine rings is 1. The molecular weight excluding hydrogens is 346 g/mol. The summed E-state index contributed by atoms with van der Waals surface area (Å²) in [5.74, 6) is -0.254. The molecule has 1 aromatic carbocycles. The van der Waals surface area contributed by atoms with Crippen LogP contribution in [-0.4, -0.2) is 74.9 Å². The molecule has 0 spiro atoms. The van der Waals surface area contributed by atoms with Crippen LogP contribution in [0.25, 0.3) is 5.65 Å². The predicted molar refractivity (Wildman–Crippen MR) is 98.6 cm³/mol. The van der Waals surface area contributed by atoms with Gasteiger partial charge in [0.15, 0.2) is 5.65 Å². The number of carbonyl (C=O) groups is 2. The Morgan fingerprint density at radius 2 is 1.67 bits per heavy atom. The Morgan fingerprint density at radius 3 is 2.41 bits per heavy atom. The molecule has 1 aliphatic heterocycles. The quantitative estimate of drug-likeness (QED) is 0.736. The van der Waals surface area contributed by atoms with Gasteiger partial charge in [-0.1, -0.05) is 0 Å². The summed E-state index contributed by atoms with van der Waals surface area (Å²) in [4.78, 5) is 29.0. The normalized spacial score (nSPS) is 15.1. The summed E-state index contributed by atoms with van der Waals surface area (Å²) in [7, 11) is 2.05. The van der Waals surface area contributed by atoms with Crippen molar-refractivity contribution in [1.82, 2.24) is 29.8 Å². The van der Waals surface area contributed by atoms with Crippen molar-refractivity contribution in [2.75, 3.05) is 38.5 Å². The fraction of sp³-hybridized carbons (Fsp3) is 0.278. The molecule has 138 valence electrons. The van der Waals surface area contributed by atoms with E-state index in [4.69, 9.17) is 0 Å². The average Bonchev–Trinajstić information content (AvgIpc) is 3.16. The van der Waals surface area contributed by atoms with Gasteiger partial charge in [-0.3, -0.25) is 9.59 Å². The van der Waals surface area contributed by atoms with E-state index in [0.29, 0.717) is 22.5 Å². The monoisotopic (exact) mass is 365 g/mol. The van der Waals surface area contributed by atoms with Crippen molar-refractivity contribution in [3.05, 3.63) is 53.7 Å². The summed E-state index contributed by atoms with van der Waals surface area (Å²) < 4.78 is 1.44. The van der Waals surface area contributed by atoms with Gasteiger partial charge in [0.2, 0.25) is 0 Å². The van der Waals surface area contributed by atoms with Gasteiger partial charge < -0.3 is 15.1 Å². The van der Waals surface area contributed by atoms with Crippen LogP contribution < -0.4 is 5.32 Å². The van der Waals surface area contributed by atoms with Gasteiger partial charge in [-0.05, 0) is 53.9 Å². The first-order chi connectivity index (χ1) is 13.1. The maximum Gasteiger partial charge on any atom is 0.257 e. The fourth-order valence-electron chi connectivity index (χ4n) is 2.97. The van der Waals surface area contributed by atoms with Crippen LogP contribution in [0.3, 0.4) is 0 Å². The fourth-order valence-corrected chi connectivity index (χ4v) is 2.97. The maximum absolute atomic E-state index is 12.6. The summed E-state index contributed by atoms with van der Waals surface area (Å²) in [5.41, 5.74) is 2.24. The second-order valence-electron chi connectivity index (χ2n) is 6.53. The van der Waals surface area contributed by atoms with Crippen LogP contribution >= 0.6 is 0 Å². The minimum absolute atomic E-state index is 0.0186. The van der Waals surface area contributed by atoms with Crippen LogP contribution in [0.15, 0.2) is 42.6 Å². The van der Waals surface area contributed by atoms with E-state index in [1.165, 1.54) is 4.52 Å². The molecule has 9 nitrogen and oxygen atoms in total. The third-order valence-electron chi connectivity index (χ3n) is 4.63. The van der Waals surface area contributed by atoms with Crippen molar-refractivity contribution in [3.8, 4) is 0 Å². The van der Waals surface area contributed by atoms with Crippen molar-refractivity contribution in [2.24, 2.45) is 0 Å². The molecule has 0 bridgehead atoms. The van der Waals surface area contributed by atoms with Crippen molar-refractivity contribution >= 4 is 23.1 Å². The van der Waals surface area contributed by atoms with E-state index >= 15 is 0 Å². The first-order valence-electron chi connectivity index (χ1n) is 8.67. The predicted octanol–water partition coefficient (Wildman–Crippen LogP) is 0.764. The Bertz CT molecular complexity index is 975. The number of nitrogens with zero attached hydrogens (tertiary/aromatic N) is 6. The van der Waals surface area contributed by atoms with Crippen molar-refractivity contribution < 1.29 is 9.59 Å². The van der Waals surface area contributed by atoms with E-state index in [1.807, 2.05) is 4.90 Å². The SMILES string of the molecule is CN1CCN(C(=O)c2ccc(NC(=O)c3ccc4nnnn4c3)cc2)CC1. The molecule has 1 saturated heterocycles. The van der Waals surface area contributed by atoms with E-state index in [2.05, 4.69) is 32.8 Å². The maximum atomic E-state index is 12.6. The van der Waals surface area contributed by atoms with Crippen LogP contribution in [-0.2, 0) is 0 Å². The zero-order chi connectivity index (χ0) is 18.8. The van der Waals surface area contributed by atoms with Gasteiger partial charge in [-0.15, -0.1) is 5.10 Å². The number of amides is 2. The number of fused-ring (bicyclic) bond motifs is 1. The van der Waals surface area contributed by atoms with Gasteiger partial charge in [0.1, 0.15) is 0 Å². The molecule has 0 radical (unpaired) electrons. The van der Waals surface area contributed by atoms with Gasteiger partial charge in [-0.25, -0.2) is 0 Å². The van der Waals surface area contributed by atoms with Crippen LogP contribution in [0.5, 0.6) is 0 Å². The zero-order valence-corrected chi connectivity index (χ0v) is 14.9. The number of hydrogen-bond acceptors (Lipinski definition) is 6. The lowest BCUT2D eigenvalue weighted by Gasteiger charge is -2.32. The van der Waals surface area contributed by atoms with E-state index in [9.17, 15) is 9.59 Å². The number of likely N-dealkylation sites (N-methyl/N-ethyl adjacent to an activating group) is 1. The van der Waals surface area contributed by atoms with Crippen molar-refractivity contribution in [3.63, 3.8) is 0 Å². The van der Waals surface area contributed by atoms with Crippen LogP contribution in [0.4, 0.5) is 5.69 Å². The number of tetrazole rings is 1. The second kappa shape index (κ2) is 7.12. The Kier molecular flexibility index (Phi) is 4.51. The zero-order valence-electron chi connectivity index (χ0n) is 14.9. The average molecular weight is 365 g/mol. The highest BCUT2D eigenvalue weighted by molar-refractivity contribution is 6.04. The molecule has 27 heavy (non-hydrogen) atoms. The van der Waals surface area contributed by atoms with Crippen LogP contribution in [0.1, 0.15) is 20.7 Å². The number of piperazine rings is 1. The number of rotatable bonds is 3. The largest absolute Gasteiger partial charge is 0.336 e. The molecule has 9 heteroatoms. The molecule has 0 atom stereocenters. The molecule has 2 aromatic heterocycles. The van der Waals surface area contributed by atoms with Gasteiger partial charge in [0.25, 0.3) is 11.8 Å². The summed E-state index contributed by atoms with van der Waals surface area (Å²) in [5, 5.41) is 13.9. The molecule has 1 N–H and O–H groups in total. The lowest BCUT2D eigenvalue weighted by molar-refractivity contribution is 0.0664. The van der Waals surface area contributed by atoms with E-state index < -0.39 is 0 Å². The van der Waals surface area contributed by atoms with E-state index in [-0.39, 0.29) is 11.8 Å². The molecule has 3 heterocycles. The van der Waals surface area contributed by atoms with Gasteiger partial charge in [0, 0.05) is 43.6 Å². The molecule has 0 aliphatic carbocycles. The minimum atomic E-state index is -0.273. The highest BCUT2D eigenvalue weighted by Crippen LogP contribution is 2.14. The van der Waals surface area contributed by atoms with Crippen molar-refractivity contribution in [2.45, 2.75) is 0 Å². The molecule has 1 fully saturated rings. The number of hydrogen-bond donors (Lipinski definition) is 1. The van der Waals surface area contributed by atoms with Gasteiger partial charge in [0.05, 0.1) is 5.56 Å². The van der Waals surface area contributed by atoms with Crippen LogP contribution in [0, 0.1) is 0 Å².